The maximum atomic E-state index is 12.1. The molecular weight excluding hydrogens is 242 g/mol. The zero-order chi connectivity index (χ0) is 14.3. The van der Waals surface area contributed by atoms with Gasteiger partial charge in [0.1, 0.15) is 0 Å². The fourth-order valence-corrected chi connectivity index (χ4v) is 1.53. The zero-order valence-electron chi connectivity index (χ0n) is 11.7. The van der Waals surface area contributed by atoms with Crippen molar-refractivity contribution in [3.63, 3.8) is 0 Å². The topological polar surface area (TPSA) is 71.1 Å². The molecule has 0 aliphatic rings. The lowest BCUT2D eigenvalue weighted by atomic mass is 9.88. The van der Waals surface area contributed by atoms with E-state index in [0.29, 0.717) is 12.1 Å². The number of nitrogens with one attached hydrogen (secondary N) is 2. The first-order valence-electron chi connectivity index (χ1n) is 6.49. The second-order valence-electron chi connectivity index (χ2n) is 4.95. The van der Waals surface area contributed by atoms with Crippen LogP contribution in [0.3, 0.4) is 0 Å². The predicted octanol–water partition coefficient (Wildman–Crippen LogP) is 1.70. The molecule has 1 rings (SSSR count). The summed E-state index contributed by atoms with van der Waals surface area (Å²) in [6.07, 6.45) is 3.82. The Morgan fingerprint density at radius 1 is 1.26 bits per heavy atom. The molecule has 1 aromatic heterocycles. The third kappa shape index (κ3) is 4.35. The first-order chi connectivity index (χ1) is 8.98. The van der Waals surface area contributed by atoms with E-state index in [2.05, 4.69) is 15.8 Å². The summed E-state index contributed by atoms with van der Waals surface area (Å²) in [5.74, 6) is -0.455. The van der Waals surface area contributed by atoms with Crippen LogP contribution in [0.15, 0.2) is 24.4 Å². The van der Waals surface area contributed by atoms with Crippen LogP contribution < -0.4 is 10.9 Å². The maximum absolute atomic E-state index is 12.1. The van der Waals surface area contributed by atoms with Gasteiger partial charge in [-0.05, 0) is 32.4 Å². The van der Waals surface area contributed by atoms with Crippen LogP contribution in [-0.4, -0.2) is 16.8 Å². The first kappa shape index (κ1) is 15.1. The van der Waals surface area contributed by atoms with E-state index < -0.39 is 5.41 Å². The zero-order valence-corrected chi connectivity index (χ0v) is 11.7. The number of nitrogens with zero attached hydrogens (tertiary/aromatic N) is 1. The maximum Gasteiger partial charge on any atom is 0.250 e. The number of rotatable bonds is 5. The highest BCUT2D eigenvalue weighted by Crippen LogP contribution is 2.20. The molecule has 5 heteroatoms. The molecule has 0 aliphatic heterocycles. The van der Waals surface area contributed by atoms with Gasteiger partial charge in [0.25, 0.3) is 0 Å². The van der Waals surface area contributed by atoms with Crippen LogP contribution in [-0.2, 0) is 15.0 Å². The summed E-state index contributed by atoms with van der Waals surface area (Å²) in [5, 5.41) is 0. The van der Waals surface area contributed by atoms with E-state index in [9.17, 15) is 9.59 Å². The molecule has 0 unspecified atom stereocenters. The highest BCUT2D eigenvalue weighted by atomic mass is 16.2. The molecule has 0 bridgehead atoms. The third-order valence-electron chi connectivity index (χ3n) is 2.95. The van der Waals surface area contributed by atoms with E-state index in [1.54, 1.807) is 32.2 Å². The van der Waals surface area contributed by atoms with E-state index in [4.69, 9.17) is 0 Å². The smallest absolute Gasteiger partial charge is 0.250 e. The Hall–Kier alpha value is -1.91. The van der Waals surface area contributed by atoms with Gasteiger partial charge in [-0.2, -0.15) is 0 Å². The molecule has 19 heavy (non-hydrogen) atoms. The molecule has 0 spiro atoms. The summed E-state index contributed by atoms with van der Waals surface area (Å²) in [4.78, 5) is 27.7. The monoisotopic (exact) mass is 263 g/mol. The van der Waals surface area contributed by atoms with Crippen molar-refractivity contribution in [2.24, 2.45) is 0 Å². The van der Waals surface area contributed by atoms with Crippen LogP contribution in [0.2, 0.25) is 0 Å². The van der Waals surface area contributed by atoms with Gasteiger partial charge >= 0.3 is 0 Å². The van der Waals surface area contributed by atoms with E-state index in [1.807, 2.05) is 13.0 Å². The lowest BCUT2D eigenvalue weighted by Crippen LogP contribution is -2.49. The van der Waals surface area contributed by atoms with Gasteiger partial charge in [0.05, 0.1) is 11.1 Å². The van der Waals surface area contributed by atoms with Crippen molar-refractivity contribution >= 4 is 11.8 Å². The van der Waals surface area contributed by atoms with Gasteiger partial charge in [0.2, 0.25) is 11.8 Å². The molecule has 0 saturated heterocycles. The average molecular weight is 263 g/mol. The Balaban J connectivity index is 2.55. The lowest BCUT2D eigenvalue weighted by Gasteiger charge is -2.22. The number of hydrogen-bond acceptors (Lipinski definition) is 3. The Labute approximate surface area is 113 Å². The number of hydrazine groups is 1. The summed E-state index contributed by atoms with van der Waals surface area (Å²) < 4.78 is 0. The van der Waals surface area contributed by atoms with E-state index in [0.717, 1.165) is 12.8 Å². The molecule has 5 nitrogen and oxygen atoms in total. The molecule has 0 radical (unpaired) electrons. The Kier molecular flexibility index (Phi) is 5.48. The van der Waals surface area contributed by atoms with Crippen molar-refractivity contribution in [2.45, 2.75) is 45.4 Å². The summed E-state index contributed by atoms with van der Waals surface area (Å²) in [5.41, 5.74) is 4.75. The second kappa shape index (κ2) is 6.87. The van der Waals surface area contributed by atoms with Crippen molar-refractivity contribution in [3.05, 3.63) is 30.1 Å². The normalized spacial score (nSPS) is 10.9. The minimum Gasteiger partial charge on any atom is -0.273 e. The number of carbonyl (C=O) groups excluding carboxylic acids is 2. The van der Waals surface area contributed by atoms with Gasteiger partial charge in [-0.15, -0.1) is 0 Å². The lowest BCUT2D eigenvalue weighted by molar-refractivity contribution is -0.131. The largest absolute Gasteiger partial charge is 0.273 e. The van der Waals surface area contributed by atoms with Crippen LogP contribution in [0.1, 0.15) is 45.7 Å². The van der Waals surface area contributed by atoms with Crippen molar-refractivity contribution in [1.29, 1.82) is 0 Å². The molecular formula is C14H21N3O2. The summed E-state index contributed by atoms with van der Waals surface area (Å²) in [6, 6.07) is 5.42. The molecule has 1 heterocycles. The van der Waals surface area contributed by atoms with Crippen molar-refractivity contribution in [1.82, 2.24) is 15.8 Å². The van der Waals surface area contributed by atoms with Crippen LogP contribution in [0.25, 0.3) is 0 Å². The van der Waals surface area contributed by atoms with Gasteiger partial charge in [-0.25, -0.2) is 0 Å². The van der Waals surface area contributed by atoms with E-state index in [1.165, 1.54) is 0 Å². The van der Waals surface area contributed by atoms with Crippen LogP contribution in [0.4, 0.5) is 0 Å². The molecule has 2 N–H and O–H groups in total. The predicted molar refractivity (Wildman–Crippen MR) is 73.1 cm³/mol. The van der Waals surface area contributed by atoms with Crippen molar-refractivity contribution < 1.29 is 9.59 Å². The highest BCUT2D eigenvalue weighted by Gasteiger charge is 2.31. The van der Waals surface area contributed by atoms with Crippen molar-refractivity contribution in [2.75, 3.05) is 0 Å². The molecule has 104 valence electrons. The average Bonchev–Trinajstić information content (AvgIpc) is 2.43. The standard InChI is InChI=1S/C14H21N3O2/c1-4-5-9-12(18)16-17-13(19)14(2,3)11-8-6-7-10-15-11/h6-8,10H,4-5,9H2,1-3H3,(H,16,18)(H,17,19). The number of hydrogen-bond donors (Lipinski definition) is 2. The number of carbonyl (C=O) groups is 2. The molecule has 0 saturated carbocycles. The fourth-order valence-electron chi connectivity index (χ4n) is 1.53. The van der Waals surface area contributed by atoms with Gasteiger partial charge in [0, 0.05) is 12.6 Å². The van der Waals surface area contributed by atoms with E-state index >= 15 is 0 Å². The Morgan fingerprint density at radius 3 is 2.58 bits per heavy atom. The molecule has 2 amide bonds. The molecule has 0 fully saturated rings. The Morgan fingerprint density at radius 2 is 2.00 bits per heavy atom. The van der Waals surface area contributed by atoms with Gasteiger partial charge in [-0.3, -0.25) is 25.4 Å². The quantitative estimate of drug-likeness (QED) is 0.794. The minimum absolute atomic E-state index is 0.174. The summed E-state index contributed by atoms with van der Waals surface area (Å²) in [7, 11) is 0. The van der Waals surface area contributed by atoms with E-state index in [-0.39, 0.29) is 11.8 Å². The number of pyridine rings is 1. The minimum atomic E-state index is -0.792. The van der Waals surface area contributed by atoms with Crippen molar-refractivity contribution in [3.8, 4) is 0 Å². The Bertz CT molecular complexity index is 430. The van der Waals surface area contributed by atoms with Gasteiger partial charge < -0.3 is 0 Å². The molecule has 0 aliphatic carbocycles. The number of unbranched alkanes of at least 4 members (excludes halogenated alkanes) is 1. The summed E-state index contributed by atoms with van der Waals surface area (Å²) in [6.45, 7) is 5.54. The van der Waals surface area contributed by atoms with Crippen LogP contribution >= 0.6 is 0 Å². The number of amides is 2. The van der Waals surface area contributed by atoms with Gasteiger partial charge in [0.15, 0.2) is 0 Å². The molecule has 1 aromatic rings. The number of aromatic nitrogens is 1. The third-order valence-corrected chi connectivity index (χ3v) is 2.95. The molecule has 0 aromatic carbocycles. The summed E-state index contributed by atoms with van der Waals surface area (Å²) >= 11 is 0. The highest BCUT2D eigenvalue weighted by molar-refractivity contribution is 5.88. The van der Waals surface area contributed by atoms with Crippen LogP contribution in [0.5, 0.6) is 0 Å². The van der Waals surface area contributed by atoms with Crippen LogP contribution in [0, 0.1) is 0 Å². The SMILES string of the molecule is CCCCC(=O)NNC(=O)C(C)(C)c1ccccn1. The second-order valence-corrected chi connectivity index (χ2v) is 4.95. The first-order valence-corrected chi connectivity index (χ1v) is 6.49. The fraction of sp³-hybridized carbons (Fsp3) is 0.500. The molecule has 0 atom stereocenters. The van der Waals surface area contributed by atoms with Gasteiger partial charge in [-0.1, -0.05) is 19.4 Å².